The summed E-state index contributed by atoms with van der Waals surface area (Å²) in [5, 5.41) is 3.57. The summed E-state index contributed by atoms with van der Waals surface area (Å²) >= 11 is 0. The first-order valence-electron chi connectivity index (χ1n) is 7.46. The van der Waals surface area contributed by atoms with Crippen molar-refractivity contribution < 1.29 is 14.4 Å². The van der Waals surface area contributed by atoms with Crippen LogP contribution in [-0.2, 0) is 14.4 Å². The van der Waals surface area contributed by atoms with Gasteiger partial charge < -0.3 is 14.9 Å². The van der Waals surface area contributed by atoms with Crippen LogP contribution < -0.4 is 11.2 Å². The van der Waals surface area contributed by atoms with E-state index in [-0.39, 0.29) is 12.3 Å². The minimum atomic E-state index is -0.499. The molecule has 0 saturated heterocycles. The summed E-state index contributed by atoms with van der Waals surface area (Å²) in [6, 6.07) is 8.37. The van der Waals surface area contributed by atoms with E-state index >= 15 is 0 Å². The van der Waals surface area contributed by atoms with Gasteiger partial charge in [-0.1, -0.05) is 24.6 Å². The zero-order chi connectivity index (χ0) is 14.8. The van der Waals surface area contributed by atoms with Gasteiger partial charge in [0, 0.05) is 24.1 Å². The van der Waals surface area contributed by atoms with E-state index in [2.05, 4.69) is 10.2 Å². The van der Waals surface area contributed by atoms with Crippen molar-refractivity contribution in [1.29, 1.82) is 0 Å². The van der Waals surface area contributed by atoms with E-state index in [0.29, 0.717) is 12.0 Å². The SMILES string of the molecule is NOC(=O)C(CC=O)C1c2ccccc2NC2CCCC21. The average Bonchev–Trinajstić information content (AvgIpc) is 2.98. The van der Waals surface area contributed by atoms with Crippen LogP contribution in [0.25, 0.3) is 0 Å². The molecule has 112 valence electrons. The lowest BCUT2D eigenvalue weighted by Crippen LogP contribution is -2.40. The third-order valence-corrected chi connectivity index (χ3v) is 4.89. The standard InChI is InChI=1S/C16H20N2O3/c17-21-16(20)12(8-9-19)15-10-4-1-2-6-13(10)18-14-7-3-5-11(14)15/h1-2,4,6,9,11-12,14-15,18H,3,5,7-8,17H2. The van der Waals surface area contributed by atoms with Crippen molar-refractivity contribution >= 4 is 17.9 Å². The molecule has 1 aliphatic carbocycles. The molecule has 3 N–H and O–H groups in total. The molecule has 0 radical (unpaired) electrons. The molecule has 1 aromatic carbocycles. The largest absolute Gasteiger partial charge is 0.382 e. The van der Waals surface area contributed by atoms with Crippen LogP contribution in [0.15, 0.2) is 24.3 Å². The van der Waals surface area contributed by atoms with Crippen LogP contribution in [0.3, 0.4) is 0 Å². The number of carbonyl (C=O) groups excluding carboxylic acids is 2. The van der Waals surface area contributed by atoms with Crippen LogP contribution in [-0.4, -0.2) is 18.3 Å². The molecule has 3 rings (SSSR count). The van der Waals surface area contributed by atoms with Crippen molar-refractivity contribution in [2.45, 2.75) is 37.6 Å². The molecule has 1 saturated carbocycles. The zero-order valence-electron chi connectivity index (χ0n) is 11.8. The molecular formula is C16H20N2O3. The number of fused-ring (bicyclic) bond motifs is 2. The highest BCUT2D eigenvalue weighted by Gasteiger charge is 2.45. The molecule has 1 aromatic rings. The number of carbonyl (C=O) groups is 2. The average molecular weight is 288 g/mol. The van der Waals surface area contributed by atoms with Gasteiger partial charge in [0.1, 0.15) is 6.29 Å². The lowest BCUT2D eigenvalue weighted by Gasteiger charge is -2.39. The highest BCUT2D eigenvalue weighted by Crippen LogP contribution is 2.49. The molecule has 21 heavy (non-hydrogen) atoms. The number of anilines is 1. The van der Waals surface area contributed by atoms with Crippen LogP contribution in [0.5, 0.6) is 0 Å². The Balaban J connectivity index is 2.03. The maximum absolute atomic E-state index is 12.1. The third-order valence-electron chi connectivity index (χ3n) is 4.89. The topological polar surface area (TPSA) is 81.4 Å². The van der Waals surface area contributed by atoms with Gasteiger partial charge >= 0.3 is 5.97 Å². The van der Waals surface area contributed by atoms with Gasteiger partial charge in [-0.2, -0.15) is 5.90 Å². The minimum absolute atomic E-state index is 0.00352. The number of aldehydes is 1. The fourth-order valence-electron chi connectivity index (χ4n) is 4.04. The summed E-state index contributed by atoms with van der Waals surface area (Å²) in [6.45, 7) is 0. The van der Waals surface area contributed by atoms with Gasteiger partial charge in [0.2, 0.25) is 0 Å². The van der Waals surface area contributed by atoms with E-state index in [9.17, 15) is 9.59 Å². The molecule has 5 nitrogen and oxygen atoms in total. The highest BCUT2D eigenvalue weighted by molar-refractivity contribution is 5.77. The molecule has 1 heterocycles. The van der Waals surface area contributed by atoms with Gasteiger partial charge in [0.15, 0.2) is 0 Å². The first kappa shape index (κ1) is 14.1. The number of hydrogen-bond acceptors (Lipinski definition) is 5. The Hall–Kier alpha value is -1.88. The summed E-state index contributed by atoms with van der Waals surface area (Å²) in [5.41, 5.74) is 2.16. The molecule has 0 spiro atoms. The Kier molecular flexibility index (Phi) is 3.92. The molecule has 4 atom stereocenters. The maximum atomic E-state index is 12.1. The predicted octanol–water partition coefficient (Wildman–Crippen LogP) is 1.99. The van der Waals surface area contributed by atoms with Gasteiger partial charge in [0.25, 0.3) is 0 Å². The van der Waals surface area contributed by atoms with Crippen LogP contribution in [0.4, 0.5) is 5.69 Å². The summed E-state index contributed by atoms with van der Waals surface area (Å²) in [7, 11) is 0. The van der Waals surface area contributed by atoms with Crippen molar-refractivity contribution in [2.24, 2.45) is 17.7 Å². The van der Waals surface area contributed by atoms with Crippen molar-refractivity contribution in [3.05, 3.63) is 29.8 Å². The van der Waals surface area contributed by atoms with E-state index in [1.165, 1.54) is 0 Å². The van der Waals surface area contributed by atoms with E-state index < -0.39 is 11.9 Å². The molecular weight excluding hydrogens is 268 g/mol. The van der Waals surface area contributed by atoms with Gasteiger partial charge in [-0.15, -0.1) is 0 Å². The monoisotopic (exact) mass is 288 g/mol. The van der Waals surface area contributed by atoms with E-state index in [1.54, 1.807) is 0 Å². The second-order valence-corrected chi connectivity index (χ2v) is 5.90. The lowest BCUT2D eigenvalue weighted by atomic mass is 9.71. The zero-order valence-corrected chi connectivity index (χ0v) is 11.8. The molecule has 0 aromatic heterocycles. The second kappa shape index (κ2) is 5.85. The van der Waals surface area contributed by atoms with Crippen LogP contribution in [0.1, 0.15) is 37.2 Å². The highest BCUT2D eigenvalue weighted by atomic mass is 16.7. The van der Waals surface area contributed by atoms with Crippen LogP contribution in [0.2, 0.25) is 0 Å². The van der Waals surface area contributed by atoms with Crippen LogP contribution >= 0.6 is 0 Å². The number of benzene rings is 1. The Labute approximate surface area is 123 Å². The fourth-order valence-corrected chi connectivity index (χ4v) is 4.04. The molecule has 0 amide bonds. The number of nitrogens with one attached hydrogen (secondary N) is 1. The summed E-state index contributed by atoms with van der Waals surface area (Å²) in [6.07, 6.45) is 4.23. The number of para-hydroxylation sites is 1. The molecule has 1 aliphatic heterocycles. The van der Waals surface area contributed by atoms with Gasteiger partial charge in [0.05, 0.1) is 5.92 Å². The van der Waals surface area contributed by atoms with Crippen molar-refractivity contribution in [3.63, 3.8) is 0 Å². The van der Waals surface area contributed by atoms with Gasteiger partial charge in [-0.3, -0.25) is 4.79 Å². The first-order chi connectivity index (χ1) is 10.3. The Morgan fingerprint density at radius 2 is 2.24 bits per heavy atom. The lowest BCUT2D eigenvalue weighted by molar-refractivity contribution is -0.151. The number of hydrogen-bond donors (Lipinski definition) is 2. The number of rotatable bonds is 4. The van der Waals surface area contributed by atoms with Crippen molar-refractivity contribution in [3.8, 4) is 0 Å². The third kappa shape index (κ3) is 2.42. The second-order valence-electron chi connectivity index (χ2n) is 5.90. The molecule has 2 aliphatic rings. The quantitative estimate of drug-likeness (QED) is 0.654. The van der Waals surface area contributed by atoms with Crippen molar-refractivity contribution in [1.82, 2.24) is 0 Å². The predicted molar refractivity (Wildman–Crippen MR) is 78.4 cm³/mol. The Morgan fingerprint density at radius 1 is 1.43 bits per heavy atom. The summed E-state index contributed by atoms with van der Waals surface area (Å²) in [4.78, 5) is 27.6. The Morgan fingerprint density at radius 3 is 3.00 bits per heavy atom. The smallest absolute Gasteiger partial charge is 0.328 e. The maximum Gasteiger partial charge on any atom is 0.328 e. The van der Waals surface area contributed by atoms with E-state index in [1.807, 2.05) is 24.3 Å². The summed E-state index contributed by atoms with van der Waals surface area (Å²) in [5.74, 6) is 4.44. The molecule has 0 bridgehead atoms. The van der Waals surface area contributed by atoms with Crippen molar-refractivity contribution in [2.75, 3.05) is 5.32 Å². The molecule has 4 unspecified atom stereocenters. The van der Waals surface area contributed by atoms with Gasteiger partial charge in [-0.05, 0) is 30.4 Å². The minimum Gasteiger partial charge on any atom is -0.382 e. The van der Waals surface area contributed by atoms with E-state index in [0.717, 1.165) is 36.8 Å². The van der Waals surface area contributed by atoms with E-state index in [4.69, 9.17) is 5.90 Å². The first-order valence-corrected chi connectivity index (χ1v) is 7.46. The normalized spacial score (nSPS) is 28.0. The van der Waals surface area contributed by atoms with Crippen LogP contribution in [0, 0.1) is 11.8 Å². The van der Waals surface area contributed by atoms with Gasteiger partial charge in [-0.25, -0.2) is 0 Å². The molecule has 1 fully saturated rings. The fraction of sp³-hybridized carbons (Fsp3) is 0.500. The molecule has 5 heteroatoms. The summed E-state index contributed by atoms with van der Waals surface area (Å²) < 4.78 is 0. The number of nitrogens with two attached hydrogens (primary N) is 1. The Bertz CT molecular complexity index is 546.